The van der Waals surface area contributed by atoms with E-state index in [4.69, 9.17) is 15.1 Å². The van der Waals surface area contributed by atoms with Crippen LogP contribution in [0.1, 0.15) is 2.85 Å². The third-order valence-electron chi connectivity index (χ3n) is 4.74. The van der Waals surface area contributed by atoms with Gasteiger partial charge in [-0.3, -0.25) is 0 Å². The Kier molecular flexibility index (Phi) is 4.50. The Morgan fingerprint density at radius 3 is 2.00 bits per heavy atom. The summed E-state index contributed by atoms with van der Waals surface area (Å²) in [5.41, 5.74) is 11.1. The number of nitrogens with zero attached hydrogens (tertiary/aromatic N) is 4. The van der Waals surface area contributed by atoms with E-state index in [0.717, 1.165) is 22.3 Å². The fourth-order valence-corrected chi connectivity index (χ4v) is 3.28. The van der Waals surface area contributed by atoms with Crippen LogP contribution >= 0.6 is 0 Å². The van der Waals surface area contributed by atoms with Crippen molar-refractivity contribution in [3.05, 3.63) is 91.1 Å². The van der Waals surface area contributed by atoms with E-state index in [2.05, 4.69) is 33.4 Å². The summed E-state index contributed by atoms with van der Waals surface area (Å²) in [6.07, 6.45) is 1.66. The highest BCUT2D eigenvalue weighted by atomic mass is 16.4. The maximum Gasteiger partial charge on any atom is 0.270 e. The molecule has 0 bridgehead atoms. The van der Waals surface area contributed by atoms with Crippen LogP contribution in [0.4, 0.5) is 5.82 Å². The van der Waals surface area contributed by atoms with Crippen molar-refractivity contribution in [1.82, 2.24) is 20.2 Å². The zero-order valence-corrected chi connectivity index (χ0v) is 15.9. The number of aromatic nitrogens is 4. The Labute approximate surface area is 176 Å². The molecule has 0 unspecified atom stereocenters. The van der Waals surface area contributed by atoms with Gasteiger partial charge in [-0.2, -0.15) is 0 Å². The van der Waals surface area contributed by atoms with E-state index >= 15 is 0 Å². The quantitative estimate of drug-likeness (QED) is 0.426. The third kappa shape index (κ3) is 3.31. The van der Waals surface area contributed by atoms with Gasteiger partial charge >= 0.3 is 0 Å². The van der Waals surface area contributed by atoms with Gasteiger partial charge in [0.1, 0.15) is 0 Å². The van der Waals surface area contributed by atoms with E-state index in [0.29, 0.717) is 17.3 Å². The van der Waals surface area contributed by atoms with Gasteiger partial charge in [-0.05, 0) is 23.3 Å². The zero-order chi connectivity index (χ0) is 20.3. The van der Waals surface area contributed by atoms with Gasteiger partial charge in [0.15, 0.2) is 11.5 Å². The molecule has 6 nitrogen and oxygen atoms in total. The van der Waals surface area contributed by atoms with Crippen molar-refractivity contribution < 1.29 is 7.27 Å². The minimum atomic E-state index is 0. The third-order valence-corrected chi connectivity index (χ3v) is 4.74. The predicted octanol–water partition coefficient (Wildman–Crippen LogP) is 5.60. The van der Waals surface area contributed by atoms with Gasteiger partial charge in [-0.15, -0.1) is 10.2 Å². The summed E-state index contributed by atoms with van der Waals surface area (Å²) in [7, 11) is 0. The lowest BCUT2D eigenvalue weighted by Crippen LogP contribution is -1.99. The molecule has 0 aliphatic heterocycles. The van der Waals surface area contributed by atoms with Crippen LogP contribution in [0.5, 0.6) is 0 Å². The van der Waals surface area contributed by atoms with Gasteiger partial charge in [0.2, 0.25) is 5.89 Å². The second-order valence-corrected chi connectivity index (χ2v) is 6.68. The lowest BCUT2D eigenvalue weighted by molar-refractivity contribution is 0.582. The van der Waals surface area contributed by atoms with Crippen molar-refractivity contribution in [3.63, 3.8) is 0 Å². The van der Waals surface area contributed by atoms with E-state index in [-0.39, 0.29) is 14.6 Å². The van der Waals surface area contributed by atoms with E-state index in [1.807, 2.05) is 66.7 Å². The molecule has 6 heteroatoms. The minimum absolute atomic E-state index is 0. The lowest BCUT2D eigenvalue weighted by Gasteiger charge is -2.10. The van der Waals surface area contributed by atoms with Crippen molar-refractivity contribution in [2.45, 2.75) is 0 Å². The predicted molar refractivity (Wildman–Crippen MR) is 120 cm³/mol. The number of rotatable bonds is 4. The van der Waals surface area contributed by atoms with Crippen LogP contribution in [0.2, 0.25) is 0 Å². The molecule has 0 radical (unpaired) electrons. The summed E-state index contributed by atoms with van der Waals surface area (Å²) in [5.74, 6) is 0.874. The SMILES string of the molecule is Nc1ncc(-c2ccccc2-c2ccccc2)nc1-c1nnc(-c2ccccc2)o1.[HH].[HH]. The largest absolute Gasteiger partial charge is 0.414 e. The van der Waals surface area contributed by atoms with Crippen molar-refractivity contribution in [2.75, 3.05) is 5.73 Å². The first-order chi connectivity index (χ1) is 14.8. The topological polar surface area (TPSA) is 90.7 Å². The van der Waals surface area contributed by atoms with Gasteiger partial charge in [0.25, 0.3) is 5.89 Å². The summed E-state index contributed by atoms with van der Waals surface area (Å²) < 4.78 is 5.84. The maximum atomic E-state index is 6.10. The average Bonchev–Trinajstić information content (AvgIpc) is 3.31. The molecule has 30 heavy (non-hydrogen) atoms. The fourth-order valence-electron chi connectivity index (χ4n) is 3.28. The highest BCUT2D eigenvalue weighted by Crippen LogP contribution is 2.33. The van der Waals surface area contributed by atoms with E-state index in [9.17, 15) is 0 Å². The van der Waals surface area contributed by atoms with Crippen LogP contribution < -0.4 is 5.73 Å². The van der Waals surface area contributed by atoms with Crippen molar-refractivity contribution in [2.24, 2.45) is 0 Å². The van der Waals surface area contributed by atoms with Gasteiger partial charge < -0.3 is 10.2 Å². The molecule has 0 fully saturated rings. The Bertz CT molecular complexity index is 1310. The summed E-state index contributed by atoms with van der Waals surface area (Å²) >= 11 is 0. The Hall–Kier alpha value is -4.32. The molecule has 0 saturated carbocycles. The van der Waals surface area contributed by atoms with E-state index in [1.54, 1.807) is 6.20 Å². The number of hydrogen-bond donors (Lipinski definition) is 1. The lowest BCUT2D eigenvalue weighted by atomic mass is 9.98. The molecule has 2 aromatic heterocycles. The van der Waals surface area contributed by atoms with E-state index < -0.39 is 0 Å². The van der Waals surface area contributed by atoms with Gasteiger partial charge in [0.05, 0.1) is 11.9 Å². The fraction of sp³-hybridized carbons (Fsp3) is 0. The summed E-state index contributed by atoms with van der Waals surface area (Å²) in [4.78, 5) is 9.06. The molecule has 0 aliphatic rings. The molecular weight excluding hydrogens is 374 g/mol. The Morgan fingerprint density at radius 1 is 0.667 bits per heavy atom. The standard InChI is InChI=1S/C24H17N5O.2H2/c25-22-21(24-29-28-23(30-24)17-11-5-2-6-12-17)27-20(15-26-22)19-14-8-7-13-18(19)16-9-3-1-4-10-16;;/h1-15H,(H2,25,26);2*1H. The second-order valence-electron chi connectivity index (χ2n) is 6.68. The number of nitrogens with two attached hydrogens (primary N) is 1. The molecule has 0 amide bonds. The number of anilines is 1. The Morgan fingerprint density at radius 2 is 1.27 bits per heavy atom. The van der Waals surface area contributed by atoms with Crippen molar-refractivity contribution in [1.29, 1.82) is 0 Å². The molecule has 3 aromatic carbocycles. The Balaban J connectivity index is 0.00000144. The average molecular weight is 395 g/mol. The maximum absolute atomic E-state index is 6.10. The molecule has 0 spiro atoms. The minimum Gasteiger partial charge on any atom is -0.414 e. The molecule has 148 valence electrons. The summed E-state index contributed by atoms with van der Waals surface area (Å²) in [5, 5.41) is 8.27. The molecule has 2 N–H and O–H groups in total. The first-order valence-corrected chi connectivity index (χ1v) is 9.46. The van der Waals surface area contributed by atoms with Crippen LogP contribution in [0.15, 0.2) is 95.5 Å². The molecule has 5 rings (SSSR count). The zero-order valence-electron chi connectivity index (χ0n) is 15.9. The highest BCUT2D eigenvalue weighted by molar-refractivity contribution is 5.82. The second kappa shape index (κ2) is 7.60. The summed E-state index contributed by atoms with van der Waals surface area (Å²) in [6, 6.07) is 27.7. The van der Waals surface area contributed by atoms with Gasteiger partial charge in [-0.25, -0.2) is 9.97 Å². The molecule has 5 aromatic rings. The normalized spacial score (nSPS) is 10.8. The molecular formula is C24H21N5O. The van der Waals surface area contributed by atoms with Crippen LogP contribution in [-0.2, 0) is 0 Å². The van der Waals surface area contributed by atoms with Crippen LogP contribution in [0.25, 0.3) is 45.4 Å². The molecule has 0 atom stereocenters. The number of benzene rings is 3. The molecule has 0 saturated heterocycles. The number of nitrogen functional groups attached to an aromatic ring is 1. The molecule has 2 heterocycles. The highest BCUT2D eigenvalue weighted by Gasteiger charge is 2.18. The van der Waals surface area contributed by atoms with Crippen molar-refractivity contribution >= 4 is 5.82 Å². The van der Waals surface area contributed by atoms with Crippen LogP contribution in [-0.4, -0.2) is 20.2 Å². The van der Waals surface area contributed by atoms with Crippen LogP contribution in [0.3, 0.4) is 0 Å². The van der Waals surface area contributed by atoms with Gasteiger partial charge in [-0.1, -0.05) is 72.8 Å². The summed E-state index contributed by atoms with van der Waals surface area (Å²) in [6.45, 7) is 0. The first-order valence-electron chi connectivity index (χ1n) is 9.46. The number of hydrogen-bond acceptors (Lipinski definition) is 6. The molecule has 0 aliphatic carbocycles. The van der Waals surface area contributed by atoms with Crippen LogP contribution in [0, 0.1) is 0 Å². The van der Waals surface area contributed by atoms with E-state index in [1.165, 1.54) is 0 Å². The smallest absolute Gasteiger partial charge is 0.270 e. The van der Waals surface area contributed by atoms with Crippen molar-refractivity contribution in [3.8, 4) is 45.4 Å². The van der Waals surface area contributed by atoms with Gasteiger partial charge in [0, 0.05) is 14.0 Å². The monoisotopic (exact) mass is 395 g/mol. The first kappa shape index (κ1) is 17.8.